The van der Waals surface area contributed by atoms with Gasteiger partial charge in [0, 0.05) is 36.1 Å². The summed E-state index contributed by atoms with van der Waals surface area (Å²) in [5, 5.41) is 3.78. The molecule has 0 saturated heterocycles. The Morgan fingerprint density at radius 3 is 2.46 bits per heavy atom. The maximum atomic E-state index is 15.0. The summed E-state index contributed by atoms with van der Waals surface area (Å²) in [7, 11) is 1.69. The van der Waals surface area contributed by atoms with Gasteiger partial charge in [0.05, 0.1) is 11.1 Å². The Kier molecular flexibility index (Phi) is 9.26. The molecule has 2 unspecified atom stereocenters. The molecule has 2 aliphatic carbocycles. The van der Waals surface area contributed by atoms with Crippen LogP contribution in [0.2, 0.25) is 10.0 Å². The molecule has 5 nitrogen and oxygen atoms in total. The van der Waals surface area contributed by atoms with Crippen LogP contribution >= 0.6 is 23.2 Å². The van der Waals surface area contributed by atoms with E-state index in [1.807, 2.05) is 12.1 Å². The average Bonchev–Trinajstić information content (AvgIpc) is 3.41. The molecule has 2 aliphatic rings. The molecule has 0 spiro atoms. The first-order chi connectivity index (χ1) is 19.0. The van der Waals surface area contributed by atoms with Gasteiger partial charge in [-0.1, -0.05) is 79.9 Å². The maximum absolute atomic E-state index is 15.0. The van der Waals surface area contributed by atoms with E-state index in [0.717, 1.165) is 62.5 Å². The fraction of sp³-hybridized carbons (Fsp3) is 0.484. The average molecular weight is 573 g/mol. The molecule has 0 aliphatic heterocycles. The fourth-order valence-corrected chi connectivity index (χ4v) is 6.85. The zero-order valence-electron chi connectivity index (χ0n) is 22.3. The zero-order chi connectivity index (χ0) is 27.4. The van der Waals surface area contributed by atoms with Crippen molar-refractivity contribution in [3.63, 3.8) is 0 Å². The predicted molar refractivity (Wildman–Crippen MR) is 154 cm³/mol. The summed E-state index contributed by atoms with van der Waals surface area (Å²) < 4.78 is 22.9. The van der Waals surface area contributed by atoms with Gasteiger partial charge in [0.15, 0.2) is 0 Å². The monoisotopic (exact) mass is 571 g/mol. The number of nitrogens with one attached hydrogen (secondary N) is 1. The lowest BCUT2D eigenvalue weighted by Crippen LogP contribution is -2.41. The molecule has 208 valence electrons. The van der Waals surface area contributed by atoms with E-state index in [4.69, 9.17) is 27.9 Å². The van der Waals surface area contributed by atoms with Crippen molar-refractivity contribution in [3.8, 4) is 11.4 Å². The van der Waals surface area contributed by atoms with Crippen LogP contribution in [0.15, 0.2) is 48.8 Å². The van der Waals surface area contributed by atoms with Crippen LogP contribution in [0.5, 0.6) is 0 Å². The molecule has 5 rings (SSSR count). The number of aromatic nitrogens is 2. The molecule has 1 heterocycles. The number of carbonyl (C=O) groups excluding carboxylic acids is 1. The Morgan fingerprint density at radius 1 is 1.05 bits per heavy atom. The number of nitrogens with zero attached hydrogens (tertiary/aromatic N) is 2. The third-order valence-corrected chi connectivity index (χ3v) is 8.90. The van der Waals surface area contributed by atoms with E-state index >= 15 is 4.39 Å². The molecule has 3 aromatic rings. The summed E-state index contributed by atoms with van der Waals surface area (Å²) in [6.45, 7) is 0. The summed E-state index contributed by atoms with van der Waals surface area (Å²) in [5.74, 6) is 0.0457. The van der Waals surface area contributed by atoms with Crippen LogP contribution < -0.4 is 5.32 Å². The second kappa shape index (κ2) is 12.8. The summed E-state index contributed by atoms with van der Waals surface area (Å²) >= 11 is 13.1. The van der Waals surface area contributed by atoms with Gasteiger partial charge >= 0.3 is 0 Å². The maximum Gasteiger partial charge on any atom is 0.247 e. The first-order valence-electron chi connectivity index (χ1n) is 14.1. The first-order valence-corrected chi connectivity index (χ1v) is 14.8. The largest absolute Gasteiger partial charge is 0.376 e. The van der Waals surface area contributed by atoms with Crippen LogP contribution in [-0.4, -0.2) is 28.6 Å². The fourth-order valence-electron chi connectivity index (χ4n) is 6.40. The predicted octanol–water partition coefficient (Wildman–Crippen LogP) is 8.30. The van der Waals surface area contributed by atoms with E-state index in [-0.39, 0.29) is 23.1 Å². The second-order valence-electron chi connectivity index (χ2n) is 10.8. The summed E-state index contributed by atoms with van der Waals surface area (Å²) in [5.41, 5.74) is 1.98. The molecule has 2 aromatic carbocycles. The molecule has 39 heavy (non-hydrogen) atoms. The second-order valence-corrected chi connectivity index (χ2v) is 11.7. The lowest BCUT2D eigenvalue weighted by molar-refractivity contribution is -0.124. The zero-order valence-corrected chi connectivity index (χ0v) is 23.9. The summed E-state index contributed by atoms with van der Waals surface area (Å²) in [6.07, 6.45) is 14.0. The molecule has 0 radical (unpaired) electrons. The molecular formula is C31H36Cl2FN3O2. The quantitative estimate of drug-likeness (QED) is 0.295. The smallest absolute Gasteiger partial charge is 0.247 e. The van der Waals surface area contributed by atoms with Crippen LogP contribution in [0.4, 0.5) is 4.39 Å². The van der Waals surface area contributed by atoms with Crippen LogP contribution in [0, 0.1) is 11.7 Å². The van der Waals surface area contributed by atoms with Gasteiger partial charge in [0.2, 0.25) is 5.91 Å². The highest BCUT2D eigenvalue weighted by Crippen LogP contribution is 2.44. The standard InChI is InChI=1S/C31H36Cl2FN3O2/c1-39-29(20-9-4-2-5-10-20)24-15-16-25(34)27(33)26(24)30-35-17-18-37(30)28(21-11-8-12-22(32)19-21)31(38)36-23-13-6-3-7-14-23/h8,11-12,15-20,23,28-29H,2-7,9-10,13-14H2,1H3,(H,36,38). The molecule has 2 saturated carbocycles. The molecule has 1 aromatic heterocycles. The van der Waals surface area contributed by atoms with Gasteiger partial charge < -0.3 is 14.6 Å². The van der Waals surface area contributed by atoms with Crippen molar-refractivity contribution in [2.45, 2.75) is 82.4 Å². The third-order valence-electron chi connectivity index (χ3n) is 8.30. The third kappa shape index (κ3) is 6.18. The lowest BCUT2D eigenvalue weighted by atomic mass is 9.81. The van der Waals surface area contributed by atoms with Gasteiger partial charge in [-0.3, -0.25) is 4.79 Å². The number of rotatable bonds is 8. The van der Waals surface area contributed by atoms with E-state index in [1.165, 1.54) is 18.9 Å². The highest BCUT2D eigenvalue weighted by molar-refractivity contribution is 6.33. The van der Waals surface area contributed by atoms with Crippen molar-refractivity contribution < 1.29 is 13.9 Å². The number of halogens is 3. The van der Waals surface area contributed by atoms with Crippen LogP contribution in [-0.2, 0) is 9.53 Å². The number of ether oxygens (including phenoxy) is 1. The number of imidazole rings is 1. The Balaban J connectivity index is 1.61. The van der Waals surface area contributed by atoms with E-state index in [1.54, 1.807) is 42.3 Å². The molecule has 1 N–H and O–H groups in total. The number of methoxy groups -OCH3 is 1. The molecular weight excluding hydrogens is 536 g/mol. The van der Waals surface area contributed by atoms with Gasteiger partial charge in [0.1, 0.15) is 17.7 Å². The SMILES string of the molecule is COC(c1ccc(F)c(Cl)c1-c1nccn1C(C(=O)NC1CCCCC1)c1cccc(Cl)c1)C1CCCCC1. The molecule has 0 bridgehead atoms. The van der Waals surface area contributed by atoms with Crippen LogP contribution in [0.1, 0.15) is 87.5 Å². The van der Waals surface area contributed by atoms with E-state index in [2.05, 4.69) is 10.3 Å². The van der Waals surface area contributed by atoms with Gasteiger partial charge in [0.25, 0.3) is 0 Å². The van der Waals surface area contributed by atoms with Gasteiger partial charge in [-0.2, -0.15) is 0 Å². The van der Waals surface area contributed by atoms with Crippen molar-refractivity contribution in [2.24, 2.45) is 5.92 Å². The van der Waals surface area contributed by atoms with Crippen molar-refractivity contribution in [2.75, 3.05) is 7.11 Å². The van der Waals surface area contributed by atoms with Crippen LogP contribution in [0.3, 0.4) is 0 Å². The van der Waals surface area contributed by atoms with Gasteiger partial charge in [-0.25, -0.2) is 9.37 Å². The number of hydrogen-bond acceptors (Lipinski definition) is 3. The Hall–Kier alpha value is -2.41. The molecule has 8 heteroatoms. The normalized spacial score (nSPS) is 18.6. The Morgan fingerprint density at radius 2 is 1.77 bits per heavy atom. The minimum absolute atomic E-state index is 0.0182. The highest BCUT2D eigenvalue weighted by Gasteiger charge is 2.33. The number of carbonyl (C=O) groups is 1. The lowest BCUT2D eigenvalue weighted by Gasteiger charge is -2.31. The van der Waals surface area contributed by atoms with Crippen molar-refractivity contribution in [3.05, 3.63) is 75.8 Å². The van der Waals surface area contributed by atoms with Crippen molar-refractivity contribution in [1.82, 2.24) is 14.9 Å². The molecule has 2 fully saturated rings. The highest BCUT2D eigenvalue weighted by atomic mass is 35.5. The minimum atomic E-state index is -0.758. The van der Waals surface area contributed by atoms with E-state index < -0.39 is 11.9 Å². The van der Waals surface area contributed by atoms with Gasteiger partial charge in [-0.05, 0) is 60.9 Å². The van der Waals surface area contributed by atoms with Crippen molar-refractivity contribution >= 4 is 29.1 Å². The minimum Gasteiger partial charge on any atom is -0.376 e. The number of amides is 1. The number of hydrogen-bond donors (Lipinski definition) is 1. The van der Waals surface area contributed by atoms with Crippen LogP contribution in [0.25, 0.3) is 11.4 Å². The first kappa shape index (κ1) is 28.1. The number of benzene rings is 2. The van der Waals surface area contributed by atoms with Crippen molar-refractivity contribution in [1.29, 1.82) is 0 Å². The van der Waals surface area contributed by atoms with E-state index in [9.17, 15) is 4.79 Å². The van der Waals surface area contributed by atoms with Gasteiger partial charge in [-0.15, -0.1) is 0 Å². The Labute approximate surface area is 240 Å². The molecule has 2 atom stereocenters. The summed E-state index contributed by atoms with van der Waals surface area (Å²) in [4.78, 5) is 18.6. The topological polar surface area (TPSA) is 56.2 Å². The Bertz CT molecular complexity index is 1280. The van der Waals surface area contributed by atoms with E-state index in [0.29, 0.717) is 22.3 Å². The molecule has 1 amide bonds. The summed E-state index contributed by atoms with van der Waals surface area (Å²) in [6, 6.07) is 9.82.